The van der Waals surface area contributed by atoms with Crippen molar-refractivity contribution in [2.45, 2.75) is 37.3 Å². The van der Waals surface area contributed by atoms with Crippen LogP contribution in [0, 0.1) is 6.92 Å². The molecular weight excluding hydrogens is 328 g/mol. The van der Waals surface area contributed by atoms with E-state index in [9.17, 15) is 9.59 Å². The Labute approximate surface area is 143 Å². The summed E-state index contributed by atoms with van der Waals surface area (Å²) in [5.41, 5.74) is 1.01. The SMILES string of the molecule is Cc1cc(COC(=O)c2ccccc2SCC(=O)NC2CC2)no1. The number of amides is 1. The predicted molar refractivity (Wildman–Crippen MR) is 88.7 cm³/mol. The third-order valence-electron chi connectivity index (χ3n) is 3.44. The zero-order valence-corrected chi connectivity index (χ0v) is 14.1. The highest BCUT2D eigenvalue weighted by molar-refractivity contribution is 8.00. The third kappa shape index (κ3) is 4.61. The first kappa shape index (κ1) is 16.6. The minimum atomic E-state index is -0.443. The van der Waals surface area contributed by atoms with Crippen LogP contribution in [-0.2, 0) is 16.1 Å². The molecule has 0 radical (unpaired) electrons. The van der Waals surface area contributed by atoms with Crippen molar-refractivity contribution in [2.24, 2.45) is 0 Å². The number of thioether (sulfide) groups is 1. The molecule has 3 rings (SSSR count). The second-order valence-electron chi connectivity index (χ2n) is 5.63. The average molecular weight is 346 g/mol. The smallest absolute Gasteiger partial charge is 0.339 e. The predicted octanol–water partition coefficient (Wildman–Crippen LogP) is 2.71. The number of hydrogen-bond acceptors (Lipinski definition) is 6. The maximum absolute atomic E-state index is 12.3. The summed E-state index contributed by atoms with van der Waals surface area (Å²) in [6.45, 7) is 1.83. The van der Waals surface area contributed by atoms with E-state index < -0.39 is 5.97 Å². The maximum atomic E-state index is 12.3. The third-order valence-corrected chi connectivity index (χ3v) is 4.51. The fourth-order valence-corrected chi connectivity index (χ4v) is 2.96. The molecule has 0 aliphatic heterocycles. The van der Waals surface area contributed by atoms with E-state index >= 15 is 0 Å². The van der Waals surface area contributed by atoms with E-state index in [-0.39, 0.29) is 18.3 Å². The molecule has 1 amide bonds. The Hall–Kier alpha value is -2.28. The standard InChI is InChI=1S/C17H18N2O4S/c1-11-8-13(19-23-11)9-22-17(21)14-4-2-3-5-15(14)24-10-16(20)18-12-6-7-12/h2-5,8,12H,6-7,9-10H2,1H3,(H,18,20). The van der Waals surface area contributed by atoms with E-state index in [1.54, 1.807) is 25.1 Å². The molecule has 1 fully saturated rings. The average Bonchev–Trinajstić information content (AvgIpc) is 3.29. The summed E-state index contributed by atoms with van der Waals surface area (Å²) in [6.07, 6.45) is 2.11. The highest BCUT2D eigenvalue weighted by atomic mass is 32.2. The van der Waals surface area contributed by atoms with Gasteiger partial charge in [0.25, 0.3) is 0 Å². The Kier molecular flexibility index (Phi) is 5.20. The molecule has 0 saturated heterocycles. The first-order valence-electron chi connectivity index (χ1n) is 7.72. The van der Waals surface area contributed by atoms with Gasteiger partial charge in [0.05, 0.1) is 11.3 Å². The summed E-state index contributed by atoms with van der Waals surface area (Å²) < 4.78 is 10.2. The molecule has 7 heteroatoms. The Morgan fingerprint density at radius 2 is 2.17 bits per heavy atom. The number of esters is 1. The van der Waals surface area contributed by atoms with Crippen LogP contribution >= 0.6 is 11.8 Å². The summed E-state index contributed by atoms with van der Waals surface area (Å²) in [5, 5.41) is 6.71. The largest absolute Gasteiger partial charge is 0.455 e. The van der Waals surface area contributed by atoms with Crippen LogP contribution in [0.3, 0.4) is 0 Å². The van der Waals surface area contributed by atoms with Gasteiger partial charge in [-0.2, -0.15) is 0 Å². The normalized spacial score (nSPS) is 13.5. The number of aromatic nitrogens is 1. The minimum Gasteiger partial charge on any atom is -0.455 e. The Balaban J connectivity index is 1.57. The van der Waals surface area contributed by atoms with Crippen molar-refractivity contribution in [3.8, 4) is 0 Å². The molecule has 1 saturated carbocycles. The van der Waals surface area contributed by atoms with Gasteiger partial charge in [0.15, 0.2) is 0 Å². The summed E-state index contributed by atoms with van der Waals surface area (Å²) in [6, 6.07) is 9.16. The molecule has 1 aromatic carbocycles. The van der Waals surface area contributed by atoms with Crippen LogP contribution in [0.2, 0.25) is 0 Å². The number of rotatable bonds is 7. The first-order chi connectivity index (χ1) is 11.6. The minimum absolute atomic E-state index is 0.0104. The van der Waals surface area contributed by atoms with E-state index in [0.717, 1.165) is 17.7 Å². The Morgan fingerprint density at radius 3 is 2.88 bits per heavy atom. The number of carbonyl (C=O) groups excluding carboxylic acids is 2. The van der Waals surface area contributed by atoms with Crippen LogP contribution in [0.15, 0.2) is 39.8 Å². The lowest BCUT2D eigenvalue weighted by molar-refractivity contribution is -0.118. The quantitative estimate of drug-likeness (QED) is 0.613. The number of ether oxygens (including phenoxy) is 1. The number of hydrogen-bond donors (Lipinski definition) is 1. The molecule has 0 atom stereocenters. The van der Waals surface area contributed by atoms with Gasteiger partial charge in [-0.25, -0.2) is 4.79 Å². The first-order valence-corrected chi connectivity index (χ1v) is 8.71. The van der Waals surface area contributed by atoms with Gasteiger partial charge in [-0.15, -0.1) is 11.8 Å². The molecular formula is C17H18N2O4S. The highest BCUT2D eigenvalue weighted by Gasteiger charge is 2.23. The topological polar surface area (TPSA) is 81.4 Å². The zero-order chi connectivity index (χ0) is 16.9. The number of nitrogens with one attached hydrogen (secondary N) is 1. The summed E-state index contributed by atoms with van der Waals surface area (Å²) in [7, 11) is 0. The fourth-order valence-electron chi connectivity index (χ4n) is 2.10. The van der Waals surface area contributed by atoms with Crippen molar-refractivity contribution in [1.82, 2.24) is 10.5 Å². The van der Waals surface area contributed by atoms with Crippen molar-refractivity contribution in [1.29, 1.82) is 0 Å². The lowest BCUT2D eigenvalue weighted by atomic mass is 10.2. The van der Waals surface area contributed by atoms with Crippen molar-refractivity contribution in [3.05, 3.63) is 47.3 Å². The zero-order valence-electron chi connectivity index (χ0n) is 13.3. The molecule has 6 nitrogen and oxygen atoms in total. The van der Waals surface area contributed by atoms with Crippen LogP contribution in [0.5, 0.6) is 0 Å². The molecule has 0 unspecified atom stereocenters. The van der Waals surface area contributed by atoms with E-state index in [2.05, 4.69) is 10.5 Å². The maximum Gasteiger partial charge on any atom is 0.339 e. The Morgan fingerprint density at radius 1 is 1.38 bits per heavy atom. The van der Waals surface area contributed by atoms with Crippen molar-refractivity contribution in [2.75, 3.05) is 5.75 Å². The second kappa shape index (κ2) is 7.53. The monoisotopic (exact) mass is 346 g/mol. The van der Waals surface area contributed by atoms with Gasteiger partial charge < -0.3 is 14.6 Å². The van der Waals surface area contributed by atoms with Crippen LogP contribution in [-0.4, -0.2) is 28.8 Å². The van der Waals surface area contributed by atoms with E-state index in [1.807, 2.05) is 12.1 Å². The van der Waals surface area contributed by atoms with E-state index in [1.165, 1.54) is 11.8 Å². The number of carbonyl (C=O) groups is 2. The number of nitrogens with zero attached hydrogens (tertiary/aromatic N) is 1. The molecule has 1 N–H and O–H groups in total. The summed E-state index contributed by atoms with van der Waals surface area (Å²) in [4.78, 5) is 24.8. The molecule has 1 aliphatic rings. The molecule has 1 heterocycles. The highest BCUT2D eigenvalue weighted by Crippen LogP contribution is 2.24. The lowest BCUT2D eigenvalue weighted by Crippen LogP contribution is -2.27. The van der Waals surface area contributed by atoms with Crippen LogP contribution in [0.1, 0.15) is 34.7 Å². The van der Waals surface area contributed by atoms with E-state index in [0.29, 0.717) is 23.1 Å². The molecule has 1 aromatic heterocycles. The van der Waals surface area contributed by atoms with Crippen molar-refractivity contribution < 1.29 is 18.8 Å². The Bertz CT molecular complexity index is 740. The van der Waals surface area contributed by atoms with Gasteiger partial charge in [0.2, 0.25) is 5.91 Å². The molecule has 0 bridgehead atoms. The van der Waals surface area contributed by atoms with Crippen LogP contribution in [0.4, 0.5) is 0 Å². The molecule has 126 valence electrons. The summed E-state index contributed by atoms with van der Waals surface area (Å²) >= 11 is 1.33. The van der Waals surface area contributed by atoms with Gasteiger partial charge in [0, 0.05) is 17.0 Å². The fraction of sp³-hybridized carbons (Fsp3) is 0.353. The lowest BCUT2D eigenvalue weighted by Gasteiger charge is -2.09. The second-order valence-corrected chi connectivity index (χ2v) is 6.65. The number of aryl methyl sites for hydroxylation is 1. The molecule has 1 aliphatic carbocycles. The number of benzene rings is 1. The van der Waals surface area contributed by atoms with Crippen LogP contribution < -0.4 is 5.32 Å². The van der Waals surface area contributed by atoms with E-state index in [4.69, 9.17) is 9.26 Å². The van der Waals surface area contributed by atoms with Crippen molar-refractivity contribution >= 4 is 23.6 Å². The van der Waals surface area contributed by atoms with Crippen LogP contribution in [0.25, 0.3) is 0 Å². The molecule has 0 spiro atoms. The van der Waals surface area contributed by atoms with Gasteiger partial charge in [-0.3, -0.25) is 4.79 Å². The van der Waals surface area contributed by atoms with Crippen molar-refractivity contribution in [3.63, 3.8) is 0 Å². The van der Waals surface area contributed by atoms with Gasteiger partial charge in [-0.1, -0.05) is 17.3 Å². The summed E-state index contributed by atoms with van der Waals surface area (Å²) in [5.74, 6) is 0.493. The van der Waals surface area contributed by atoms with Gasteiger partial charge in [0.1, 0.15) is 18.1 Å². The molecule has 2 aromatic rings. The van der Waals surface area contributed by atoms with Gasteiger partial charge in [-0.05, 0) is 31.9 Å². The molecule has 24 heavy (non-hydrogen) atoms. The van der Waals surface area contributed by atoms with Gasteiger partial charge >= 0.3 is 5.97 Å².